The number of pyridine rings is 1. The molecule has 0 amide bonds. The standard InChI is InChI=1S/C12H19NO2/c1-9-6-7-11(10(2)13-9)12(14)5-4-8-15-3/h6-7,12,14H,4-5,8H2,1-3H3. The molecule has 1 unspecified atom stereocenters. The van der Waals surface area contributed by atoms with Crippen molar-refractivity contribution in [1.82, 2.24) is 4.98 Å². The molecule has 1 aromatic heterocycles. The SMILES string of the molecule is COCCCC(O)c1ccc(C)nc1C. The Morgan fingerprint density at radius 2 is 2.13 bits per heavy atom. The van der Waals surface area contributed by atoms with Crippen LogP contribution >= 0.6 is 0 Å². The minimum atomic E-state index is -0.423. The van der Waals surface area contributed by atoms with Gasteiger partial charge in [-0.15, -0.1) is 0 Å². The summed E-state index contributed by atoms with van der Waals surface area (Å²) in [7, 11) is 1.67. The highest BCUT2D eigenvalue weighted by Gasteiger charge is 2.10. The minimum absolute atomic E-state index is 0.423. The molecule has 0 saturated carbocycles. The first-order valence-electron chi connectivity index (χ1n) is 5.26. The summed E-state index contributed by atoms with van der Waals surface area (Å²) in [4.78, 5) is 4.33. The van der Waals surface area contributed by atoms with Crippen LogP contribution in [0.5, 0.6) is 0 Å². The zero-order valence-electron chi connectivity index (χ0n) is 9.66. The molecule has 0 spiro atoms. The maximum absolute atomic E-state index is 9.92. The van der Waals surface area contributed by atoms with Gasteiger partial charge in [0, 0.05) is 30.7 Å². The molecular formula is C12H19NO2. The van der Waals surface area contributed by atoms with E-state index in [1.54, 1.807) is 7.11 Å². The van der Waals surface area contributed by atoms with Crippen molar-refractivity contribution in [2.24, 2.45) is 0 Å². The molecule has 15 heavy (non-hydrogen) atoms. The minimum Gasteiger partial charge on any atom is -0.388 e. The topological polar surface area (TPSA) is 42.4 Å². The van der Waals surface area contributed by atoms with E-state index in [0.29, 0.717) is 6.61 Å². The Kier molecular flexibility index (Phi) is 4.72. The number of nitrogens with zero attached hydrogens (tertiary/aromatic N) is 1. The van der Waals surface area contributed by atoms with Crippen molar-refractivity contribution in [2.45, 2.75) is 32.8 Å². The van der Waals surface area contributed by atoms with Crippen LogP contribution in [0, 0.1) is 13.8 Å². The van der Waals surface area contributed by atoms with Crippen molar-refractivity contribution in [2.75, 3.05) is 13.7 Å². The molecule has 1 aromatic rings. The number of ether oxygens (including phenoxy) is 1. The molecule has 3 heteroatoms. The van der Waals surface area contributed by atoms with Gasteiger partial charge in [-0.3, -0.25) is 4.98 Å². The van der Waals surface area contributed by atoms with Gasteiger partial charge in [-0.05, 0) is 32.8 Å². The molecule has 1 rings (SSSR count). The highest BCUT2D eigenvalue weighted by molar-refractivity contribution is 5.23. The molecule has 1 heterocycles. The molecule has 0 saturated heterocycles. The van der Waals surface area contributed by atoms with Crippen molar-refractivity contribution in [3.8, 4) is 0 Å². The summed E-state index contributed by atoms with van der Waals surface area (Å²) in [6.45, 7) is 4.57. The molecule has 1 atom stereocenters. The van der Waals surface area contributed by atoms with Gasteiger partial charge < -0.3 is 9.84 Å². The van der Waals surface area contributed by atoms with Crippen LogP contribution in [0.1, 0.15) is 35.9 Å². The van der Waals surface area contributed by atoms with Crippen LogP contribution in [-0.4, -0.2) is 23.8 Å². The predicted molar refractivity (Wildman–Crippen MR) is 59.8 cm³/mol. The van der Waals surface area contributed by atoms with Crippen LogP contribution in [0.4, 0.5) is 0 Å². The number of aromatic nitrogens is 1. The van der Waals surface area contributed by atoms with Crippen molar-refractivity contribution >= 4 is 0 Å². The number of aliphatic hydroxyl groups is 1. The Morgan fingerprint density at radius 3 is 2.73 bits per heavy atom. The summed E-state index contributed by atoms with van der Waals surface area (Å²) in [5, 5.41) is 9.92. The average Bonchev–Trinajstić information content (AvgIpc) is 2.17. The molecule has 0 bridgehead atoms. The van der Waals surface area contributed by atoms with E-state index in [0.717, 1.165) is 29.8 Å². The molecule has 1 N–H and O–H groups in total. The summed E-state index contributed by atoms with van der Waals surface area (Å²) >= 11 is 0. The predicted octanol–water partition coefficient (Wildman–Crippen LogP) is 2.16. The van der Waals surface area contributed by atoms with Crippen LogP contribution in [0.15, 0.2) is 12.1 Å². The van der Waals surface area contributed by atoms with Crippen LogP contribution in [0.2, 0.25) is 0 Å². The number of hydrogen-bond donors (Lipinski definition) is 1. The zero-order valence-corrected chi connectivity index (χ0v) is 9.66. The fourth-order valence-electron chi connectivity index (χ4n) is 1.63. The number of rotatable bonds is 5. The van der Waals surface area contributed by atoms with Gasteiger partial charge in [0.1, 0.15) is 0 Å². The fraction of sp³-hybridized carbons (Fsp3) is 0.583. The van der Waals surface area contributed by atoms with Gasteiger partial charge in [0.25, 0.3) is 0 Å². The van der Waals surface area contributed by atoms with Gasteiger partial charge >= 0.3 is 0 Å². The van der Waals surface area contributed by atoms with Crippen LogP contribution in [0.25, 0.3) is 0 Å². The second-order valence-electron chi connectivity index (χ2n) is 3.78. The van der Waals surface area contributed by atoms with Gasteiger partial charge in [-0.25, -0.2) is 0 Å². The van der Waals surface area contributed by atoms with E-state index in [1.807, 2.05) is 26.0 Å². The Hall–Kier alpha value is -0.930. The van der Waals surface area contributed by atoms with Crippen molar-refractivity contribution < 1.29 is 9.84 Å². The lowest BCUT2D eigenvalue weighted by molar-refractivity contribution is 0.135. The van der Waals surface area contributed by atoms with Crippen molar-refractivity contribution in [3.63, 3.8) is 0 Å². The number of aliphatic hydroxyl groups excluding tert-OH is 1. The summed E-state index contributed by atoms with van der Waals surface area (Å²) in [6.07, 6.45) is 1.16. The summed E-state index contributed by atoms with van der Waals surface area (Å²) in [5.41, 5.74) is 2.83. The second-order valence-corrected chi connectivity index (χ2v) is 3.78. The van der Waals surface area contributed by atoms with Gasteiger partial charge in [0.15, 0.2) is 0 Å². The molecule has 84 valence electrons. The number of methoxy groups -OCH3 is 1. The van der Waals surface area contributed by atoms with Gasteiger partial charge in [-0.1, -0.05) is 6.07 Å². The molecule has 0 aliphatic heterocycles. The Balaban J connectivity index is 2.61. The fourth-order valence-corrected chi connectivity index (χ4v) is 1.63. The van der Waals surface area contributed by atoms with E-state index in [4.69, 9.17) is 4.74 Å². The molecular weight excluding hydrogens is 190 g/mol. The van der Waals surface area contributed by atoms with Gasteiger partial charge in [0.2, 0.25) is 0 Å². The van der Waals surface area contributed by atoms with Crippen LogP contribution in [0.3, 0.4) is 0 Å². The molecule has 0 fully saturated rings. The quantitative estimate of drug-likeness (QED) is 0.756. The molecule has 0 radical (unpaired) electrons. The van der Waals surface area contributed by atoms with E-state index in [9.17, 15) is 5.11 Å². The van der Waals surface area contributed by atoms with Crippen molar-refractivity contribution in [3.05, 3.63) is 29.1 Å². The van der Waals surface area contributed by atoms with Crippen LogP contribution < -0.4 is 0 Å². The molecule has 3 nitrogen and oxygen atoms in total. The van der Waals surface area contributed by atoms with Gasteiger partial charge in [0.05, 0.1) is 6.10 Å². The van der Waals surface area contributed by atoms with Gasteiger partial charge in [-0.2, -0.15) is 0 Å². The van der Waals surface area contributed by atoms with E-state index in [-0.39, 0.29) is 0 Å². The zero-order chi connectivity index (χ0) is 11.3. The van der Waals surface area contributed by atoms with Crippen molar-refractivity contribution in [1.29, 1.82) is 0 Å². The third-order valence-electron chi connectivity index (χ3n) is 2.45. The first-order valence-corrected chi connectivity index (χ1v) is 5.26. The van der Waals surface area contributed by atoms with E-state index in [2.05, 4.69) is 4.98 Å². The van der Waals surface area contributed by atoms with E-state index < -0.39 is 6.10 Å². The molecule has 0 aliphatic carbocycles. The van der Waals surface area contributed by atoms with E-state index >= 15 is 0 Å². The first-order chi connectivity index (χ1) is 7.15. The third-order valence-corrected chi connectivity index (χ3v) is 2.45. The largest absolute Gasteiger partial charge is 0.388 e. The second kappa shape index (κ2) is 5.83. The summed E-state index contributed by atoms with van der Waals surface area (Å²) in [5.74, 6) is 0. The smallest absolute Gasteiger partial charge is 0.0808 e. The average molecular weight is 209 g/mol. The lowest BCUT2D eigenvalue weighted by atomic mass is 10.0. The normalized spacial score (nSPS) is 12.8. The lowest BCUT2D eigenvalue weighted by Gasteiger charge is -2.13. The number of aryl methyl sites for hydroxylation is 2. The monoisotopic (exact) mass is 209 g/mol. The summed E-state index contributed by atoms with van der Waals surface area (Å²) < 4.78 is 4.95. The van der Waals surface area contributed by atoms with E-state index in [1.165, 1.54) is 0 Å². The first kappa shape index (κ1) is 12.1. The number of hydrogen-bond acceptors (Lipinski definition) is 3. The Labute approximate surface area is 91.1 Å². The Bertz CT molecular complexity index is 312. The lowest BCUT2D eigenvalue weighted by Crippen LogP contribution is -2.03. The maximum Gasteiger partial charge on any atom is 0.0808 e. The van der Waals surface area contributed by atoms with Crippen LogP contribution in [-0.2, 0) is 4.74 Å². The maximum atomic E-state index is 9.92. The molecule has 0 aromatic carbocycles. The Morgan fingerprint density at radius 1 is 1.40 bits per heavy atom. The molecule has 0 aliphatic rings. The summed E-state index contributed by atoms with van der Waals surface area (Å²) in [6, 6.07) is 3.89. The third kappa shape index (κ3) is 3.61. The highest BCUT2D eigenvalue weighted by atomic mass is 16.5. The highest BCUT2D eigenvalue weighted by Crippen LogP contribution is 2.20.